The van der Waals surface area contributed by atoms with E-state index in [2.05, 4.69) is 10.5 Å². The lowest BCUT2D eigenvalue weighted by atomic mass is 9.76. The van der Waals surface area contributed by atoms with Gasteiger partial charge in [-0.25, -0.2) is 4.98 Å². The number of primary amides is 1. The first-order chi connectivity index (χ1) is 12.1. The number of nitrogens with two attached hydrogens (primary N) is 1. The number of carbonyl (C=O) groups excluding carboxylic acids is 2. The molecule has 1 aromatic heterocycles. The summed E-state index contributed by atoms with van der Waals surface area (Å²) < 4.78 is 1.41. The predicted octanol–water partition coefficient (Wildman–Crippen LogP) is 1.51. The third-order valence-electron chi connectivity index (χ3n) is 4.62. The fourth-order valence-corrected chi connectivity index (χ4v) is 3.29. The molecule has 0 aliphatic heterocycles. The van der Waals surface area contributed by atoms with E-state index in [1.165, 1.54) is 10.9 Å². The molecule has 1 amide bonds. The number of nitrogens with zero attached hydrogens (tertiary/aromatic N) is 2. The molecule has 3 N–H and O–H groups in total. The van der Waals surface area contributed by atoms with Gasteiger partial charge in [0.25, 0.3) is 0 Å². The maximum absolute atomic E-state index is 12.7. The second-order valence-electron chi connectivity index (χ2n) is 6.33. The maximum Gasteiger partial charge on any atom is 0.235 e. The first-order valence-electron chi connectivity index (χ1n) is 8.38. The average molecular weight is 342 g/mol. The Balaban J connectivity index is 1.60. The predicted molar refractivity (Wildman–Crippen MR) is 91.0 cm³/mol. The van der Waals surface area contributed by atoms with Gasteiger partial charge in [0.1, 0.15) is 6.33 Å². The van der Waals surface area contributed by atoms with E-state index in [-0.39, 0.29) is 11.9 Å². The van der Waals surface area contributed by atoms with Gasteiger partial charge in [-0.15, -0.1) is 0 Å². The minimum Gasteiger partial charge on any atom is -0.369 e. The summed E-state index contributed by atoms with van der Waals surface area (Å²) in [4.78, 5) is 33.9. The Morgan fingerprint density at radius 2 is 2.04 bits per heavy atom. The quantitative estimate of drug-likeness (QED) is 0.775. The highest BCUT2D eigenvalue weighted by Gasteiger charge is 2.39. The van der Waals surface area contributed by atoms with Crippen LogP contribution < -0.4 is 11.2 Å². The third kappa shape index (κ3) is 4.32. The van der Waals surface area contributed by atoms with Crippen LogP contribution in [0.15, 0.2) is 49.1 Å². The van der Waals surface area contributed by atoms with E-state index in [4.69, 9.17) is 10.6 Å². The van der Waals surface area contributed by atoms with Gasteiger partial charge in [-0.3, -0.25) is 19.0 Å². The van der Waals surface area contributed by atoms with E-state index in [1.54, 1.807) is 12.4 Å². The Hall–Kier alpha value is -2.51. The molecule has 1 aromatic carbocycles. The Bertz CT molecular complexity index is 702. The molecule has 132 valence electrons. The van der Waals surface area contributed by atoms with Crippen molar-refractivity contribution in [1.29, 1.82) is 0 Å². The van der Waals surface area contributed by atoms with E-state index in [0.29, 0.717) is 19.4 Å². The molecule has 1 fully saturated rings. The van der Waals surface area contributed by atoms with Crippen LogP contribution in [0.4, 0.5) is 0 Å². The summed E-state index contributed by atoms with van der Waals surface area (Å²) in [6, 6.07) is 9.83. The number of hydrogen-bond acceptors (Lipinski definition) is 5. The van der Waals surface area contributed by atoms with Gasteiger partial charge < -0.3 is 5.73 Å². The van der Waals surface area contributed by atoms with Crippen molar-refractivity contribution in [2.75, 3.05) is 0 Å². The number of benzene rings is 1. The van der Waals surface area contributed by atoms with Crippen LogP contribution in [0.2, 0.25) is 0 Å². The minimum atomic E-state index is -0.474. The Labute approximate surface area is 146 Å². The van der Waals surface area contributed by atoms with Crippen molar-refractivity contribution in [3.8, 4) is 0 Å². The second kappa shape index (κ2) is 8.04. The van der Waals surface area contributed by atoms with Gasteiger partial charge >= 0.3 is 0 Å². The van der Waals surface area contributed by atoms with Crippen LogP contribution in [0.3, 0.4) is 0 Å². The highest BCUT2D eigenvalue weighted by atomic mass is 16.6. The molecule has 1 aliphatic rings. The van der Waals surface area contributed by atoms with Crippen LogP contribution in [0.25, 0.3) is 0 Å². The van der Waals surface area contributed by atoms with E-state index >= 15 is 0 Å². The van der Waals surface area contributed by atoms with Crippen LogP contribution in [0.1, 0.15) is 29.6 Å². The molecule has 3 atom stereocenters. The first-order valence-corrected chi connectivity index (χ1v) is 8.38. The van der Waals surface area contributed by atoms with Crippen LogP contribution in [-0.2, 0) is 16.2 Å². The van der Waals surface area contributed by atoms with Crippen molar-refractivity contribution < 1.29 is 14.4 Å². The number of nitrogens with one attached hydrogen (secondary N) is 1. The lowest BCUT2D eigenvalue weighted by molar-refractivity contribution is -0.124. The number of rotatable bonds is 6. The fraction of sp³-hybridized carbons (Fsp3) is 0.389. The van der Waals surface area contributed by atoms with Gasteiger partial charge in [0.2, 0.25) is 11.8 Å². The minimum absolute atomic E-state index is 0.00298. The van der Waals surface area contributed by atoms with Gasteiger partial charge in [-0.2, -0.15) is 5.48 Å². The van der Waals surface area contributed by atoms with Crippen LogP contribution in [0, 0.1) is 11.8 Å². The fourth-order valence-electron chi connectivity index (χ4n) is 3.29. The zero-order valence-electron chi connectivity index (χ0n) is 13.9. The first kappa shape index (κ1) is 17.3. The summed E-state index contributed by atoms with van der Waals surface area (Å²) in [7, 11) is 0. The highest BCUT2D eigenvalue weighted by molar-refractivity contribution is 5.88. The van der Waals surface area contributed by atoms with E-state index in [9.17, 15) is 9.59 Å². The van der Waals surface area contributed by atoms with Crippen molar-refractivity contribution in [2.24, 2.45) is 17.6 Å². The van der Waals surface area contributed by atoms with Gasteiger partial charge in [-0.1, -0.05) is 30.3 Å². The molecule has 25 heavy (non-hydrogen) atoms. The monoisotopic (exact) mass is 342 g/mol. The Morgan fingerprint density at radius 3 is 2.72 bits per heavy atom. The number of carbonyl (C=O) groups is 2. The number of hydroxylamine groups is 1. The molecule has 0 radical (unpaired) electrons. The smallest absolute Gasteiger partial charge is 0.235 e. The molecule has 0 saturated heterocycles. The molecule has 1 heterocycles. The SMILES string of the molecule is NC(=O)[C@@H]1CC[C@@H](NOCc2ccccc2)CC1C(=O)n1ccnc1. The molecule has 2 aromatic rings. The second-order valence-corrected chi connectivity index (χ2v) is 6.33. The van der Waals surface area contributed by atoms with E-state index in [1.807, 2.05) is 30.3 Å². The lowest BCUT2D eigenvalue weighted by Crippen LogP contribution is -2.45. The summed E-state index contributed by atoms with van der Waals surface area (Å²) in [5.74, 6) is -1.52. The van der Waals surface area contributed by atoms with Crippen molar-refractivity contribution in [3.63, 3.8) is 0 Å². The van der Waals surface area contributed by atoms with Crippen LogP contribution in [0.5, 0.6) is 0 Å². The largest absolute Gasteiger partial charge is 0.369 e. The number of aromatic nitrogens is 2. The average Bonchev–Trinajstić information content (AvgIpc) is 3.16. The molecule has 1 unspecified atom stereocenters. The van der Waals surface area contributed by atoms with Crippen molar-refractivity contribution in [1.82, 2.24) is 15.0 Å². The van der Waals surface area contributed by atoms with Gasteiger partial charge in [-0.05, 0) is 24.8 Å². The zero-order valence-corrected chi connectivity index (χ0v) is 13.9. The topological polar surface area (TPSA) is 99.2 Å². The summed E-state index contributed by atoms with van der Waals surface area (Å²) >= 11 is 0. The van der Waals surface area contributed by atoms with Crippen LogP contribution in [-0.4, -0.2) is 27.4 Å². The molecule has 1 aliphatic carbocycles. The standard InChI is InChI=1S/C18H22N4O3/c19-17(23)15-7-6-14(21-25-11-13-4-2-1-3-5-13)10-16(15)18(24)22-9-8-20-12-22/h1-5,8-9,12,14-16,21H,6-7,10-11H2,(H2,19,23)/t14-,15-,16?/m1/s1. The normalized spacial score (nSPS) is 23.3. The number of imidazole rings is 1. The third-order valence-corrected chi connectivity index (χ3v) is 4.62. The van der Waals surface area contributed by atoms with E-state index < -0.39 is 17.7 Å². The zero-order chi connectivity index (χ0) is 17.6. The molecule has 7 nitrogen and oxygen atoms in total. The number of amides is 1. The summed E-state index contributed by atoms with van der Waals surface area (Å²) in [6.45, 7) is 0.441. The van der Waals surface area contributed by atoms with Crippen molar-refractivity contribution >= 4 is 11.8 Å². The van der Waals surface area contributed by atoms with E-state index in [0.717, 1.165) is 12.0 Å². The molecule has 1 saturated carbocycles. The van der Waals surface area contributed by atoms with Gasteiger partial charge in [0, 0.05) is 24.4 Å². The molecule has 7 heteroatoms. The molecular weight excluding hydrogens is 320 g/mol. The molecule has 0 bridgehead atoms. The lowest BCUT2D eigenvalue weighted by Gasteiger charge is -2.33. The van der Waals surface area contributed by atoms with Gasteiger partial charge in [0.05, 0.1) is 12.5 Å². The van der Waals surface area contributed by atoms with Crippen molar-refractivity contribution in [3.05, 3.63) is 54.6 Å². The molecular formula is C18H22N4O3. The highest BCUT2D eigenvalue weighted by Crippen LogP contribution is 2.31. The number of hydrogen-bond donors (Lipinski definition) is 2. The molecule has 3 rings (SSSR count). The van der Waals surface area contributed by atoms with Gasteiger partial charge in [0.15, 0.2) is 0 Å². The summed E-state index contributed by atoms with van der Waals surface area (Å²) in [5.41, 5.74) is 9.60. The van der Waals surface area contributed by atoms with Crippen LogP contribution >= 0.6 is 0 Å². The maximum atomic E-state index is 12.7. The Kier molecular flexibility index (Phi) is 5.57. The molecule has 0 spiro atoms. The summed E-state index contributed by atoms with van der Waals surface area (Å²) in [5, 5.41) is 0. The summed E-state index contributed by atoms with van der Waals surface area (Å²) in [6.07, 6.45) is 6.37. The van der Waals surface area contributed by atoms with Crippen molar-refractivity contribution in [2.45, 2.75) is 31.9 Å². The Morgan fingerprint density at radius 1 is 1.24 bits per heavy atom.